The van der Waals surface area contributed by atoms with Crippen LogP contribution in [0.4, 0.5) is 0 Å². The van der Waals surface area contributed by atoms with Crippen LogP contribution in [-0.2, 0) is 0 Å². The van der Waals surface area contributed by atoms with Gasteiger partial charge in [-0.3, -0.25) is 15.6 Å². The molecule has 0 unspecified atom stereocenters. The summed E-state index contributed by atoms with van der Waals surface area (Å²) in [5.41, 5.74) is 6.81. The number of carbonyl (C=O) groups excluding carboxylic acids is 1. The van der Waals surface area contributed by atoms with Crippen LogP contribution >= 0.6 is 12.2 Å². The van der Waals surface area contributed by atoms with Gasteiger partial charge in [0.2, 0.25) is 0 Å². The van der Waals surface area contributed by atoms with Gasteiger partial charge in [-0.15, -0.1) is 0 Å². The lowest BCUT2D eigenvalue weighted by molar-refractivity contribution is 0.0939. The fraction of sp³-hybridized carbons (Fsp3) is 0.333. The van der Waals surface area contributed by atoms with Crippen LogP contribution in [0.3, 0.4) is 0 Å². The molecule has 0 radical (unpaired) electrons. The number of thiocarbonyl (C=S) groups is 1. The van der Waals surface area contributed by atoms with Gasteiger partial charge in [0.25, 0.3) is 5.91 Å². The number of fused-ring (bicyclic) bond motifs is 1. The Morgan fingerprint density at radius 2 is 1.95 bits per heavy atom. The lowest BCUT2D eigenvalue weighted by Gasteiger charge is -2.15. The Morgan fingerprint density at radius 1 is 1.19 bits per heavy atom. The third-order valence-corrected chi connectivity index (χ3v) is 3.97. The molecule has 1 aliphatic carbocycles. The number of nitrogens with one attached hydrogen (secondary N) is 4. The number of aromatic nitrogens is 1. The topological polar surface area (TPSA) is 69.0 Å². The van der Waals surface area contributed by atoms with Crippen LogP contribution < -0.4 is 16.2 Å². The molecule has 4 N–H and O–H groups in total. The first-order valence-corrected chi connectivity index (χ1v) is 7.58. The van der Waals surface area contributed by atoms with Crippen LogP contribution in [0.25, 0.3) is 10.9 Å². The van der Waals surface area contributed by atoms with E-state index in [0.717, 1.165) is 23.7 Å². The number of hydrogen-bond acceptors (Lipinski definition) is 2. The predicted octanol–water partition coefficient (Wildman–Crippen LogP) is 2.22. The van der Waals surface area contributed by atoms with Gasteiger partial charge >= 0.3 is 0 Å². The number of benzene rings is 1. The first-order valence-electron chi connectivity index (χ1n) is 7.17. The summed E-state index contributed by atoms with van der Waals surface area (Å²) in [6, 6.07) is 10.0. The van der Waals surface area contributed by atoms with Gasteiger partial charge in [0.1, 0.15) is 5.69 Å². The average molecular weight is 302 g/mol. The first-order chi connectivity index (χ1) is 10.2. The third kappa shape index (κ3) is 3.33. The molecule has 1 amide bonds. The van der Waals surface area contributed by atoms with Crippen LogP contribution in [-0.4, -0.2) is 22.0 Å². The summed E-state index contributed by atoms with van der Waals surface area (Å²) in [6.07, 6.45) is 4.75. The molecule has 1 aliphatic rings. The molecule has 0 atom stereocenters. The zero-order valence-corrected chi connectivity index (χ0v) is 12.4. The standard InChI is InChI=1S/C15H18N4OS/c20-14(13-9-10-5-1-4-8-12(10)17-13)18-19-15(21)16-11-6-2-3-7-11/h1,4-5,8-9,11,17H,2-3,6-7H2,(H,18,20)(H2,16,19,21). The number of hydrogen-bond donors (Lipinski definition) is 4. The van der Waals surface area contributed by atoms with E-state index in [9.17, 15) is 4.79 Å². The van der Waals surface area contributed by atoms with Crippen molar-refractivity contribution >= 4 is 34.1 Å². The lowest BCUT2D eigenvalue weighted by atomic mass is 10.2. The van der Waals surface area contributed by atoms with Gasteiger partial charge in [-0.05, 0) is 37.2 Å². The summed E-state index contributed by atoms with van der Waals surface area (Å²) in [5, 5.41) is 4.68. The lowest BCUT2D eigenvalue weighted by Crippen LogP contribution is -2.49. The molecule has 6 heteroatoms. The second-order valence-corrected chi connectivity index (χ2v) is 5.71. The van der Waals surface area contributed by atoms with E-state index >= 15 is 0 Å². The van der Waals surface area contributed by atoms with Gasteiger partial charge < -0.3 is 10.3 Å². The maximum atomic E-state index is 12.1. The van der Waals surface area contributed by atoms with E-state index < -0.39 is 0 Å². The Balaban J connectivity index is 1.54. The van der Waals surface area contributed by atoms with Crippen molar-refractivity contribution in [2.75, 3.05) is 0 Å². The molecular formula is C15H18N4OS. The van der Waals surface area contributed by atoms with Crippen molar-refractivity contribution in [3.8, 4) is 0 Å². The second-order valence-electron chi connectivity index (χ2n) is 5.30. The maximum Gasteiger partial charge on any atom is 0.286 e. The van der Waals surface area contributed by atoms with E-state index in [0.29, 0.717) is 16.8 Å². The first kappa shape index (κ1) is 13.9. The number of hydrazine groups is 1. The highest BCUT2D eigenvalue weighted by molar-refractivity contribution is 7.80. The van der Waals surface area contributed by atoms with E-state index in [4.69, 9.17) is 12.2 Å². The number of para-hydroxylation sites is 1. The van der Waals surface area contributed by atoms with Crippen LogP contribution in [0.15, 0.2) is 30.3 Å². The Bertz CT molecular complexity index is 627. The van der Waals surface area contributed by atoms with Crippen molar-refractivity contribution in [3.05, 3.63) is 36.0 Å². The molecule has 110 valence electrons. The number of amides is 1. The second kappa shape index (κ2) is 6.13. The van der Waals surface area contributed by atoms with Gasteiger partial charge in [-0.25, -0.2) is 0 Å². The van der Waals surface area contributed by atoms with Crippen molar-refractivity contribution in [3.63, 3.8) is 0 Å². The quantitative estimate of drug-likeness (QED) is 0.507. The fourth-order valence-electron chi connectivity index (χ4n) is 2.67. The minimum Gasteiger partial charge on any atom is -0.359 e. The van der Waals surface area contributed by atoms with Crippen LogP contribution in [0, 0.1) is 0 Å². The Labute approximate surface area is 128 Å². The molecule has 0 bridgehead atoms. The van der Waals surface area contributed by atoms with E-state index in [1.807, 2.05) is 30.3 Å². The SMILES string of the molecule is O=C(NNC(=S)NC1CCCC1)c1cc2ccccc2[nH]1. The molecule has 1 fully saturated rings. The molecule has 0 aliphatic heterocycles. The smallest absolute Gasteiger partial charge is 0.286 e. The molecule has 2 aromatic rings. The predicted molar refractivity (Wildman–Crippen MR) is 86.9 cm³/mol. The molecule has 3 rings (SSSR count). The molecule has 21 heavy (non-hydrogen) atoms. The summed E-state index contributed by atoms with van der Waals surface area (Å²) in [7, 11) is 0. The maximum absolute atomic E-state index is 12.1. The molecular weight excluding hydrogens is 284 g/mol. The summed E-state index contributed by atoms with van der Waals surface area (Å²) >= 11 is 5.18. The number of rotatable bonds is 2. The molecule has 0 spiro atoms. The fourth-order valence-corrected chi connectivity index (χ4v) is 2.89. The summed E-state index contributed by atoms with van der Waals surface area (Å²) in [4.78, 5) is 15.1. The summed E-state index contributed by atoms with van der Waals surface area (Å²) in [5.74, 6) is -0.234. The van der Waals surface area contributed by atoms with Gasteiger partial charge in [-0.1, -0.05) is 31.0 Å². The highest BCUT2D eigenvalue weighted by atomic mass is 32.1. The number of aromatic amines is 1. The van der Waals surface area contributed by atoms with E-state index in [1.165, 1.54) is 12.8 Å². The Morgan fingerprint density at radius 3 is 2.71 bits per heavy atom. The number of carbonyl (C=O) groups is 1. The molecule has 1 heterocycles. The molecule has 0 saturated heterocycles. The largest absolute Gasteiger partial charge is 0.359 e. The Kier molecular flexibility index (Phi) is 4.06. The highest BCUT2D eigenvalue weighted by Crippen LogP contribution is 2.17. The van der Waals surface area contributed by atoms with E-state index in [2.05, 4.69) is 21.2 Å². The minimum atomic E-state index is -0.234. The average Bonchev–Trinajstić information content (AvgIpc) is 3.13. The van der Waals surface area contributed by atoms with Crippen molar-refractivity contribution < 1.29 is 4.79 Å². The van der Waals surface area contributed by atoms with Gasteiger partial charge in [0.15, 0.2) is 5.11 Å². The minimum absolute atomic E-state index is 0.234. The monoisotopic (exact) mass is 302 g/mol. The molecule has 5 nitrogen and oxygen atoms in total. The van der Waals surface area contributed by atoms with Crippen molar-refractivity contribution in [1.82, 2.24) is 21.2 Å². The summed E-state index contributed by atoms with van der Waals surface area (Å²) < 4.78 is 0. The zero-order valence-electron chi connectivity index (χ0n) is 11.6. The van der Waals surface area contributed by atoms with Gasteiger partial charge in [0, 0.05) is 16.9 Å². The molecule has 1 aromatic heterocycles. The van der Waals surface area contributed by atoms with Gasteiger partial charge in [0.05, 0.1) is 0 Å². The third-order valence-electron chi connectivity index (χ3n) is 3.75. The van der Waals surface area contributed by atoms with Crippen molar-refractivity contribution in [2.45, 2.75) is 31.7 Å². The zero-order chi connectivity index (χ0) is 14.7. The highest BCUT2D eigenvalue weighted by Gasteiger charge is 2.16. The van der Waals surface area contributed by atoms with E-state index in [-0.39, 0.29) is 5.91 Å². The van der Waals surface area contributed by atoms with Crippen LogP contribution in [0.5, 0.6) is 0 Å². The summed E-state index contributed by atoms with van der Waals surface area (Å²) in [6.45, 7) is 0. The Hall–Kier alpha value is -2.08. The van der Waals surface area contributed by atoms with Crippen molar-refractivity contribution in [2.24, 2.45) is 0 Å². The normalized spacial score (nSPS) is 15.0. The molecule has 1 saturated carbocycles. The van der Waals surface area contributed by atoms with Crippen LogP contribution in [0.2, 0.25) is 0 Å². The van der Waals surface area contributed by atoms with Crippen LogP contribution in [0.1, 0.15) is 36.2 Å². The van der Waals surface area contributed by atoms with E-state index in [1.54, 1.807) is 0 Å². The van der Waals surface area contributed by atoms with Crippen molar-refractivity contribution in [1.29, 1.82) is 0 Å². The molecule has 1 aromatic carbocycles. The van der Waals surface area contributed by atoms with Gasteiger partial charge in [-0.2, -0.15) is 0 Å². The number of H-pyrrole nitrogens is 1.